The Morgan fingerprint density at radius 1 is 1.13 bits per heavy atom. The minimum absolute atomic E-state index is 0.00498. The van der Waals surface area contributed by atoms with E-state index in [1.807, 2.05) is 42.5 Å². The zero-order chi connectivity index (χ0) is 22.1. The van der Waals surface area contributed by atoms with Gasteiger partial charge in [-0.15, -0.1) is 0 Å². The second-order valence-corrected chi connectivity index (χ2v) is 8.63. The van der Waals surface area contributed by atoms with E-state index in [4.69, 9.17) is 0 Å². The van der Waals surface area contributed by atoms with Crippen LogP contribution in [0.4, 0.5) is 0 Å². The van der Waals surface area contributed by atoms with E-state index in [1.165, 1.54) is 0 Å². The monoisotopic (exact) mass is 417 g/mol. The number of carbonyl (C=O) groups excluding carboxylic acids is 2. The van der Waals surface area contributed by atoms with E-state index in [9.17, 15) is 20.0 Å². The van der Waals surface area contributed by atoms with Crippen molar-refractivity contribution in [3.05, 3.63) is 59.7 Å². The van der Waals surface area contributed by atoms with Crippen LogP contribution in [0.3, 0.4) is 0 Å². The van der Waals surface area contributed by atoms with Crippen LogP contribution >= 0.6 is 0 Å². The van der Waals surface area contributed by atoms with E-state index < -0.39 is 6.04 Å². The molecule has 0 radical (unpaired) electrons. The Hall–Kier alpha value is -3.17. The molecule has 1 N–H and O–H groups in total. The van der Waals surface area contributed by atoms with Crippen molar-refractivity contribution in [2.24, 2.45) is 5.92 Å². The Morgan fingerprint density at radius 2 is 1.84 bits per heavy atom. The van der Waals surface area contributed by atoms with Crippen LogP contribution in [0.15, 0.2) is 48.5 Å². The van der Waals surface area contributed by atoms with Gasteiger partial charge >= 0.3 is 0 Å². The van der Waals surface area contributed by atoms with Crippen LogP contribution in [0.25, 0.3) is 11.1 Å². The molecule has 1 saturated heterocycles. The van der Waals surface area contributed by atoms with E-state index in [0.717, 1.165) is 36.0 Å². The summed E-state index contributed by atoms with van der Waals surface area (Å²) in [5.74, 6) is -0.237. The number of benzene rings is 2. The highest BCUT2D eigenvalue weighted by atomic mass is 16.3. The van der Waals surface area contributed by atoms with Gasteiger partial charge in [0.05, 0.1) is 18.7 Å². The van der Waals surface area contributed by atoms with Gasteiger partial charge < -0.3 is 14.9 Å². The minimum atomic E-state index is -0.544. The molecule has 2 aromatic rings. The highest BCUT2D eigenvalue weighted by molar-refractivity contribution is 5.95. The highest BCUT2D eigenvalue weighted by Gasteiger charge is 2.53. The number of nitriles is 1. The number of carbonyl (C=O) groups is 2. The zero-order valence-electron chi connectivity index (χ0n) is 17.9. The lowest BCUT2D eigenvalue weighted by Gasteiger charge is -2.53. The van der Waals surface area contributed by atoms with Crippen molar-refractivity contribution in [1.82, 2.24) is 9.80 Å². The maximum Gasteiger partial charge on any atom is 0.253 e. The summed E-state index contributed by atoms with van der Waals surface area (Å²) < 4.78 is 0. The third kappa shape index (κ3) is 3.70. The number of aliphatic hydroxyl groups excluding tert-OH is 1. The number of aliphatic hydroxyl groups is 1. The number of amides is 2. The second-order valence-electron chi connectivity index (χ2n) is 8.63. The first-order valence-corrected chi connectivity index (χ1v) is 10.7. The fraction of sp³-hybridized carbons (Fsp3) is 0.400. The van der Waals surface area contributed by atoms with E-state index in [-0.39, 0.29) is 36.3 Å². The average molecular weight is 418 g/mol. The molecule has 0 spiro atoms. The number of nitrogens with zero attached hydrogens (tertiary/aromatic N) is 3. The Kier molecular flexibility index (Phi) is 5.79. The number of likely N-dealkylation sites (tertiary alicyclic amines) is 1. The summed E-state index contributed by atoms with van der Waals surface area (Å²) in [7, 11) is 3.45. The standard InChI is InChI=1S/C25H27N3O3/c1-27(2)24(30)20-8-4-7-19(13-20)16-9-11-17(12-10-16)23-21(14-26)28(22(23)15-29)25(31)18-5-3-6-18/h4,7-13,18,21-23,29H,3,5-6,15H2,1-2H3/t21-,22+,23+/m1/s1. The lowest BCUT2D eigenvalue weighted by Crippen LogP contribution is -2.66. The van der Waals surface area contributed by atoms with E-state index in [0.29, 0.717) is 5.56 Å². The van der Waals surface area contributed by atoms with Gasteiger partial charge in [0.15, 0.2) is 0 Å². The zero-order valence-corrected chi connectivity index (χ0v) is 17.9. The maximum atomic E-state index is 12.7. The SMILES string of the molecule is CN(C)C(=O)c1cccc(-c2ccc([C@H]3[C@@H](C#N)N(C(=O)C4CCC4)[C@H]3CO)cc2)c1. The van der Waals surface area contributed by atoms with Crippen LogP contribution in [0, 0.1) is 17.2 Å². The third-order valence-electron chi connectivity index (χ3n) is 6.58. The van der Waals surface area contributed by atoms with Gasteiger partial charge in [-0.1, -0.05) is 42.8 Å². The summed E-state index contributed by atoms with van der Waals surface area (Å²) in [4.78, 5) is 28.1. The summed E-state index contributed by atoms with van der Waals surface area (Å²) in [6.45, 7) is -0.155. The molecule has 4 rings (SSSR count). The van der Waals surface area contributed by atoms with Gasteiger partial charge in [0, 0.05) is 31.5 Å². The van der Waals surface area contributed by atoms with E-state index in [1.54, 1.807) is 30.0 Å². The van der Waals surface area contributed by atoms with Crippen LogP contribution in [-0.2, 0) is 4.79 Å². The van der Waals surface area contributed by atoms with Gasteiger partial charge in [-0.3, -0.25) is 9.59 Å². The van der Waals surface area contributed by atoms with Gasteiger partial charge in [0.2, 0.25) is 5.91 Å². The predicted molar refractivity (Wildman–Crippen MR) is 117 cm³/mol. The summed E-state index contributed by atoms with van der Waals surface area (Å²) in [5.41, 5.74) is 3.46. The van der Waals surface area contributed by atoms with Crippen molar-refractivity contribution in [2.45, 2.75) is 37.3 Å². The van der Waals surface area contributed by atoms with Crippen LogP contribution in [0.5, 0.6) is 0 Å². The Labute approximate surface area is 182 Å². The first kappa shape index (κ1) is 21.1. The first-order valence-electron chi connectivity index (χ1n) is 10.7. The van der Waals surface area contributed by atoms with Gasteiger partial charge in [-0.2, -0.15) is 5.26 Å². The van der Waals surface area contributed by atoms with Crippen molar-refractivity contribution in [3.8, 4) is 17.2 Å². The fourth-order valence-corrected chi connectivity index (χ4v) is 4.56. The molecule has 1 aliphatic heterocycles. The smallest absolute Gasteiger partial charge is 0.253 e. The van der Waals surface area contributed by atoms with Crippen LogP contribution < -0.4 is 0 Å². The molecule has 31 heavy (non-hydrogen) atoms. The lowest BCUT2D eigenvalue weighted by atomic mass is 9.73. The molecule has 1 heterocycles. The molecule has 2 fully saturated rings. The minimum Gasteiger partial charge on any atom is -0.394 e. The Bertz CT molecular complexity index is 1020. The molecule has 160 valence electrons. The highest BCUT2D eigenvalue weighted by Crippen LogP contribution is 2.43. The van der Waals surface area contributed by atoms with Gasteiger partial charge in [0.25, 0.3) is 5.91 Å². The maximum absolute atomic E-state index is 12.7. The van der Waals surface area contributed by atoms with Crippen molar-refractivity contribution in [1.29, 1.82) is 5.26 Å². The number of hydrogen-bond donors (Lipinski definition) is 1. The Morgan fingerprint density at radius 3 is 2.39 bits per heavy atom. The van der Waals surface area contributed by atoms with Crippen molar-refractivity contribution >= 4 is 11.8 Å². The predicted octanol–water partition coefficient (Wildman–Crippen LogP) is 3.03. The summed E-state index contributed by atoms with van der Waals surface area (Å²) >= 11 is 0. The molecule has 0 bridgehead atoms. The number of rotatable bonds is 5. The molecule has 2 amide bonds. The largest absolute Gasteiger partial charge is 0.394 e. The van der Waals surface area contributed by atoms with Crippen LogP contribution in [0.2, 0.25) is 0 Å². The van der Waals surface area contributed by atoms with Crippen molar-refractivity contribution in [3.63, 3.8) is 0 Å². The first-order chi connectivity index (χ1) is 15.0. The van der Waals surface area contributed by atoms with Crippen molar-refractivity contribution < 1.29 is 14.7 Å². The normalized spacial score (nSPS) is 22.8. The van der Waals surface area contributed by atoms with Gasteiger partial charge in [0.1, 0.15) is 6.04 Å². The summed E-state index contributed by atoms with van der Waals surface area (Å²) in [6.07, 6.45) is 2.80. The molecule has 0 aromatic heterocycles. The second kappa shape index (κ2) is 8.52. The van der Waals surface area contributed by atoms with Crippen LogP contribution in [-0.4, -0.2) is 59.5 Å². The van der Waals surface area contributed by atoms with Gasteiger partial charge in [-0.25, -0.2) is 0 Å². The van der Waals surface area contributed by atoms with Gasteiger partial charge in [-0.05, 0) is 41.7 Å². The molecule has 2 aromatic carbocycles. The van der Waals surface area contributed by atoms with E-state index >= 15 is 0 Å². The average Bonchev–Trinajstić information content (AvgIpc) is 2.72. The molecule has 3 atom stereocenters. The molecule has 6 heteroatoms. The molecule has 1 saturated carbocycles. The molecular formula is C25H27N3O3. The third-order valence-corrected chi connectivity index (χ3v) is 6.58. The quantitative estimate of drug-likeness (QED) is 0.810. The topological polar surface area (TPSA) is 84.6 Å². The molecule has 6 nitrogen and oxygen atoms in total. The van der Waals surface area contributed by atoms with E-state index in [2.05, 4.69) is 6.07 Å². The Balaban J connectivity index is 1.55. The molecular weight excluding hydrogens is 390 g/mol. The number of hydrogen-bond acceptors (Lipinski definition) is 4. The van der Waals surface area contributed by atoms with Crippen LogP contribution in [0.1, 0.15) is 41.1 Å². The fourth-order valence-electron chi connectivity index (χ4n) is 4.56. The summed E-state index contributed by atoms with van der Waals surface area (Å²) in [5, 5.41) is 19.7. The molecule has 2 aliphatic rings. The molecule has 0 unspecified atom stereocenters. The lowest BCUT2D eigenvalue weighted by molar-refractivity contribution is -0.154. The van der Waals surface area contributed by atoms with Crippen molar-refractivity contribution in [2.75, 3.05) is 20.7 Å². The molecule has 1 aliphatic carbocycles. The summed E-state index contributed by atoms with van der Waals surface area (Å²) in [6, 6.07) is 16.7.